The number of benzene rings is 1. The van der Waals surface area contributed by atoms with E-state index in [0.717, 1.165) is 50.8 Å². The SMILES string of the molecule is CO[C@@H]1CCCN2C(=O)c3ccc(F)c(c3)OCCN(Cc3cnn(C)c3)CCCC[C@H]12. The summed E-state index contributed by atoms with van der Waals surface area (Å²) < 4.78 is 27.8. The minimum atomic E-state index is -0.447. The Balaban J connectivity index is 1.56. The zero-order valence-corrected chi connectivity index (χ0v) is 19.0. The van der Waals surface area contributed by atoms with E-state index in [1.165, 1.54) is 6.07 Å². The summed E-state index contributed by atoms with van der Waals surface area (Å²) in [6, 6.07) is 4.46. The number of aromatic nitrogens is 2. The quantitative estimate of drug-likeness (QED) is 0.728. The molecule has 2 aliphatic heterocycles. The molecule has 1 aromatic carbocycles. The lowest BCUT2D eigenvalue weighted by Crippen LogP contribution is -2.51. The second kappa shape index (κ2) is 10.4. The van der Waals surface area contributed by atoms with E-state index in [4.69, 9.17) is 9.47 Å². The first kappa shape index (κ1) is 22.7. The molecule has 32 heavy (non-hydrogen) atoms. The summed E-state index contributed by atoms with van der Waals surface area (Å²) in [5, 5.41) is 4.26. The van der Waals surface area contributed by atoms with E-state index in [-0.39, 0.29) is 23.8 Å². The maximum atomic E-state index is 14.4. The Morgan fingerprint density at radius 3 is 2.84 bits per heavy atom. The molecule has 1 fully saturated rings. The fraction of sp³-hybridized carbons (Fsp3) is 0.583. The van der Waals surface area contributed by atoms with Crippen molar-refractivity contribution in [2.24, 2.45) is 7.05 Å². The maximum absolute atomic E-state index is 14.4. The van der Waals surface area contributed by atoms with Gasteiger partial charge in [-0.1, -0.05) is 6.42 Å². The van der Waals surface area contributed by atoms with E-state index < -0.39 is 5.82 Å². The molecule has 3 heterocycles. The Morgan fingerprint density at radius 2 is 2.06 bits per heavy atom. The average Bonchev–Trinajstić information content (AvgIpc) is 3.21. The van der Waals surface area contributed by atoms with Crippen molar-refractivity contribution < 1.29 is 18.7 Å². The minimum absolute atomic E-state index is 0.0308. The number of aryl methyl sites for hydroxylation is 1. The maximum Gasteiger partial charge on any atom is 0.254 e. The lowest BCUT2D eigenvalue weighted by molar-refractivity contribution is -0.0156. The number of carbonyl (C=O) groups excluding carboxylic acids is 1. The van der Waals surface area contributed by atoms with Crippen LogP contribution >= 0.6 is 0 Å². The van der Waals surface area contributed by atoms with Gasteiger partial charge in [-0.05, 0) is 50.4 Å². The summed E-state index contributed by atoms with van der Waals surface area (Å²) in [5.41, 5.74) is 1.61. The molecule has 4 rings (SSSR count). The number of methoxy groups -OCH3 is 1. The molecule has 2 aliphatic rings. The predicted octanol–water partition coefficient (Wildman–Crippen LogP) is 3.24. The number of rotatable bonds is 3. The molecule has 1 amide bonds. The van der Waals surface area contributed by atoms with Gasteiger partial charge in [0.15, 0.2) is 11.6 Å². The van der Waals surface area contributed by atoms with Gasteiger partial charge in [0.25, 0.3) is 5.91 Å². The lowest BCUT2D eigenvalue weighted by Gasteiger charge is -2.41. The minimum Gasteiger partial charge on any atom is -0.489 e. The van der Waals surface area contributed by atoms with Crippen LogP contribution in [0.5, 0.6) is 5.75 Å². The molecule has 2 bridgehead atoms. The Bertz CT molecular complexity index is 918. The first-order valence-electron chi connectivity index (χ1n) is 11.5. The number of hydrogen-bond acceptors (Lipinski definition) is 5. The number of fused-ring (bicyclic) bond motifs is 3. The third kappa shape index (κ3) is 5.30. The van der Waals surface area contributed by atoms with Gasteiger partial charge in [-0.25, -0.2) is 4.39 Å². The number of piperidine rings is 1. The van der Waals surface area contributed by atoms with Crippen molar-refractivity contribution in [3.63, 3.8) is 0 Å². The molecule has 0 aliphatic carbocycles. The molecule has 174 valence electrons. The predicted molar refractivity (Wildman–Crippen MR) is 119 cm³/mol. The van der Waals surface area contributed by atoms with Crippen LogP contribution in [0.4, 0.5) is 4.39 Å². The number of ether oxygens (including phenoxy) is 2. The Morgan fingerprint density at radius 1 is 1.19 bits per heavy atom. The van der Waals surface area contributed by atoms with Crippen molar-refractivity contribution in [3.8, 4) is 5.75 Å². The van der Waals surface area contributed by atoms with Gasteiger partial charge in [-0.15, -0.1) is 0 Å². The highest BCUT2D eigenvalue weighted by Gasteiger charge is 2.34. The first-order valence-corrected chi connectivity index (χ1v) is 11.5. The smallest absolute Gasteiger partial charge is 0.254 e. The molecule has 1 aromatic heterocycles. The number of carbonyl (C=O) groups is 1. The first-order chi connectivity index (χ1) is 15.5. The zero-order chi connectivity index (χ0) is 22.5. The molecule has 2 atom stereocenters. The molecule has 2 aromatic rings. The lowest BCUT2D eigenvalue weighted by atomic mass is 9.93. The third-order valence-corrected chi connectivity index (χ3v) is 6.51. The van der Waals surface area contributed by atoms with Gasteiger partial charge in [0.1, 0.15) is 6.61 Å². The van der Waals surface area contributed by atoms with E-state index in [2.05, 4.69) is 10.00 Å². The van der Waals surface area contributed by atoms with E-state index >= 15 is 0 Å². The van der Waals surface area contributed by atoms with Gasteiger partial charge < -0.3 is 14.4 Å². The number of halogens is 1. The van der Waals surface area contributed by atoms with Crippen molar-refractivity contribution in [1.29, 1.82) is 0 Å². The molecule has 0 saturated carbocycles. The Hall–Kier alpha value is -2.45. The monoisotopic (exact) mass is 444 g/mol. The summed E-state index contributed by atoms with van der Waals surface area (Å²) in [7, 11) is 3.64. The summed E-state index contributed by atoms with van der Waals surface area (Å²) in [6.45, 7) is 3.40. The van der Waals surface area contributed by atoms with Crippen LogP contribution in [0.2, 0.25) is 0 Å². The van der Waals surface area contributed by atoms with Crippen molar-refractivity contribution in [1.82, 2.24) is 19.6 Å². The molecule has 0 unspecified atom stereocenters. The molecule has 1 saturated heterocycles. The molecule has 0 spiro atoms. The van der Waals surface area contributed by atoms with Crippen LogP contribution in [0.3, 0.4) is 0 Å². The average molecular weight is 445 g/mol. The molecular weight excluding hydrogens is 411 g/mol. The molecule has 7 nitrogen and oxygen atoms in total. The van der Waals surface area contributed by atoms with E-state index in [9.17, 15) is 9.18 Å². The van der Waals surface area contributed by atoms with Gasteiger partial charge in [0.2, 0.25) is 0 Å². The van der Waals surface area contributed by atoms with Gasteiger partial charge >= 0.3 is 0 Å². The van der Waals surface area contributed by atoms with Crippen molar-refractivity contribution in [3.05, 3.63) is 47.5 Å². The summed E-state index contributed by atoms with van der Waals surface area (Å²) in [5.74, 6) is -0.389. The van der Waals surface area contributed by atoms with Crippen LogP contribution in [0, 0.1) is 5.82 Å². The van der Waals surface area contributed by atoms with Gasteiger partial charge in [0, 0.05) is 51.1 Å². The molecule has 0 radical (unpaired) electrons. The topological polar surface area (TPSA) is 59.8 Å². The van der Waals surface area contributed by atoms with Crippen LogP contribution in [0.25, 0.3) is 0 Å². The third-order valence-electron chi connectivity index (χ3n) is 6.51. The highest BCUT2D eigenvalue weighted by Crippen LogP contribution is 2.28. The Labute approximate surface area is 189 Å². The summed E-state index contributed by atoms with van der Waals surface area (Å²) in [6.07, 6.45) is 8.70. The van der Waals surface area contributed by atoms with Gasteiger partial charge in [-0.2, -0.15) is 5.10 Å². The van der Waals surface area contributed by atoms with Crippen LogP contribution in [-0.4, -0.2) is 71.0 Å². The number of nitrogens with zero attached hydrogens (tertiary/aromatic N) is 4. The Kier molecular flexibility index (Phi) is 7.42. The van der Waals surface area contributed by atoms with Crippen molar-refractivity contribution in [2.45, 2.75) is 50.8 Å². The van der Waals surface area contributed by atoms with E-state index in [1.807, 2.05) is 24.3 Å². The highest BCUT2D eigenvalue weighted by atomic mass is 19.1. The fourth-order valence-electron chi connectivity index (χ4n) is 4.86. The molecular formula is C24H33FN4O3. The highest BCUT2D eigenvalue weighted by molar-refractivity contribution is 5.95. The summed E-state index contributed by atoms with van der Waals surface area (Å²) >= 11 is 0. The van der Waals surface area contributed by atoms with Crippen LogP contribution < -0.4 is 4.74 Å². The van der Waals surface area contributed by atoms with Crippen LogP contribution in [0.1, 0.15) is 48.0 Å². The molecule has 8 heteroatoms. The van der Waals surface area contributed by atoms with Gasteiger partial charge in [-0.3, -0.25) is 14.4 Å². The van der Waals surface area contributed by atoms with Crippen molar-refractivity contribution in [2.75, 3.05) is 33.4 Å². The summed E-state index contributed by atoms with van der Waals surface area (Å²) in [4.78, 5) is 17.6. The van der Waals surface area contributed by atoms with E-state index in [1.54, 1.807) is 23.9 Å². The zero-order valence-electron chi connectivity index (χ0n) is 19.0. The number of hydrogen-bond donors (Lipinski definition) is 0. The molecule has 0 N–H and O–H groups in total. The normalized spacial score (nSPS) is 23.3. The number of amides is 1. The second-order valence-corrected chi connectivity index (χ2v) is 8.77. The largest absolute Gasteiger partial charge is 0.489 e. The van der Waals surface area contributed by atoms with E-state index in [0.29, 0.717) is 25.3 Å². The second-order valence-electron chi connectivity index (χ2n) is 8.77. The standard InChI is InChI=1S/C24H33FN4O3/c1-27-16-18(15-26-27)17-28-10-4-3-6-21-22(31-2)7-5-11-29(21)24(30)19-8-9-20(25)23(14-19)32-13-12-28/h8-9,14-16,21-22H,3-7,10-13,17H2,1-2H3/t21-,22-/m1/s1. The van der Waals surface area contributed by atoms with Crippen LogP contribution in [0.15, 0.2) is 30.6 Å². The van der Waals surface area contributed by atoms with Gasteiger partial charge in [0.05, 0.1) is 18.3 Å². The van der Waals surface area contributed by atoms with Crippen LogP contribution in [-0.2, 0) is 18.3 Å². The fourth-order valence-corrected chi connectivity index (χ4v) is 4.86. The van der Waals surface area contributed by atoms with Crippen molar-refractivity contribution >= 4 is 5.91 Å².